The van der Waals surface area contributed by atoms with Crippen LogP contribution in [0.4, 0.5) is 9.80 Å². The van der Waals surface area contributed by atoms with Crippen LogP contribution in [0.15, 0.2) is 23.0 Å². The van der Waals surface area contributed by atoms with Crippen molar-refractivity contribution in [3.05, 3.63) is 28.6 Å². The molecule has 1 saturated heterocycles. The minimum atomic E-state index is -0.170. The molecule has 0 radical (unpaired) electrons. The minimum Gasteiger partial charge on any atom is -0.337 e. The van der Waals surface area contributed by atoms with Gasteiger partial charge in [-0.1, -0.05) is 4.49 Å². The zero-order valence-electron chi connectivity index (χ0n) is 11.8. The monoisotopic (exact) mass is 337 g/mol. The number of hydrogen-bond donors (Lipinski definition) is 1. The minimum absolute atomic E-state index is 0.0372. The molecule has 7 nitrogen and oxygen atoms in total. The topological polar surface area (TPSA) is 78.4 Å². The van der Waals surface area contributed by atoms with Crippen molar-refractivity contribution in [2.45, 2.75) is 6.42 Å². The van der Waals surface area contributed by atoms with E-state index < -0.39 is 0 Å². The van der Waals surface area contributed by atoms with Gasteiger partial charge in [-0.15, -0.1) is 5.10 Å². The van der Waals surface area contributed by atoms with Crippen LogP contribution in [0.1, 0.15) is 16.8 Å². The molecule has 0 bridgehead atoms. The van der Waals surface area contributed by atoms with E-state index in [1.165, 1.54) is 17.5 Å². The molecule has 3 heterocycles. The quantitative estimate of drug-likeness (QED) is 0.909. The molecule has 2 aromatic heterocycles. The average Bonchev–Trinajstić information content (AvgIpc) is 3.16. The van der Waals surface area contributed by atoms with E-state index in [1.807, 2.05) is 21.7 Å². The van der Waals surface area contributed by atoms with Crippen molar-refractivity contribution in [1.29, 1.82) is 0 Å². The second-order valence-electron chi connectivity index (χ2n) is 4.86. The van der Waals surface area contributed by atoms with Gasteiger partial charge in [-0.2, -0.15) is 11.3 Å². The fourth-order valence-corrected chi connectivity index (χ4v) is 3.34. The van der Waals surface area contributed by atoms with Gasteiger partial charge in [-0.3, -0.25) is 10.1 Å². The predicted molar refractivity (Wildman–Crippen MR) is 85.3 cm³/mol. The van der Waals surface area contributed by atoms with Gasteiger partial charge < -0.3 is 9.80 Å². The van der Waals surface area contributed by atoms with Gasteiger partial charge in [-0.05, 0) is 17.9 Å². The first kappa shape index (κ1) is 14.9. The van der Waals surface area contributed by atoms with E-state index in [0.29, 0.717) is 31.2 Å². The fraction of sp³-hybridized carbons (Fsp3) is 0.385. The standard InChI is InChI=1S/C13H15N5O2S2/c19-12(10-2-7-21-9-10)17-3-1-4-18(6-5-17)13(20)15-11-8-14-16-22-11/h2,7-9H,1,3-6H2,(H,15,20). The maximum Gasteiger partial charge on any atom is 0.322 e. The molecule has 1 aliphatic heterocycles. The summed E-state index contributed by atoms with van der Waals surface area (Å²) in [6, 6.07) is 1.66. The van der Waals surface area contributed by atoms with E-state index in [1.54, 1.807) is 4.90 Å². The van der Waals surface area contributed by atoms with Crippen molar-refractivity contribution in [3.8, 4) is 0 Å². The van der Waals surface area contributed by atoms with Crippen LogP contribution in [0.5, 0.6) is 0 Å². The van der Waals surface area contributed by atoms with Crippen LogP contribution in [-0.2, 0) is 0 Å². The molecule has 1 fully saturated rings. The first-order valence-corrected chi connectivity index (χ1v) is 8.60. The highest BCUT2D eigenvalue weighted by Crippen LogP contribution is 2.14. The van der Waals surface area contributed by atoms with E-state index in [4.69, 9.17) is 0 Å². The molecule has 1 aliphatic rings. The Morgan fingerprint density at radius 1 is 1.18 bits per heavy atom. The van der Waals surface area contributed by atoms with E-state index in [2.05, 4.69) is 14.9 Å². The number of nitrogens with zero attached hydrogens (tertiary/aromatic N) is 4. The molecular weight excluding hydrogens is 322 g/mol. The van der Waals surface area contributed by atoms with Gasteiger partial charge in [0.05, 0.1) is 11.8 Å². The van der Waals surface area contributed by atoms with Crippen molar-refractivity contribution >= 4 is 39.8 Å². The molecule has 2 aromatic rings. The molecule has 0 atom stereocenters. The van der Waals surface area contributed by atoms with Crippen molar-refractivity contribution in [1.82, 2.24) is 19.4 Å². The molecule has 3 rings (SSSR count). The third-order valence-corrected chi connectivity index (χ3v) is 4.69. The summed E-state index contributed by atoms with van der Waals surface area (Å²) in [6.45, 7) is 2.36. The van der Waals surface area contributed by atoms with Gasteiger partial charge in [-0.25, -0.2) is 4.79 Å². The van der Waals surface area contributed by atoms with Gasteiger partial charge in [0.15, 0.2) is 0 Å². The highest BCUT2D eigenvalue weighted by molar-refractivity contribution is 7.10. The highest BCUT2D eigenvalue weighted by Gasteiger charge is 2.23. The SMILES string of the molecule is O=C(Nc1cnns1)N1CCCN(C(=O)c2ccsc2)CC1. The zero-order valence-corrected chi connectivity index (χ0v) is 13.4. The molecule has 22 heavy (non-hydrogen) atoms. The van der Waals surface area contributed by atoms with Crippen molar-refractivity contribution in [3.63, 3.8) is 0 Å². The Morgan fingerprint density at radius 2 is 2.00 bits per heavy atom. The maximum atomic E-state index is 12.3. The number of thiophene rings is 1. The molecule has 1 N–H and O–H groups in total. The predicted octanol–water partition coefficient (Wildman–Crippen LogP) is 1.98. The van der Waals surface area contributed by atoms with Crippen LogP contribution < -0.4 is 5.32 Å². The first-order valence-electron chi connectivity index (χ1n) is 6.89. The van der Waals surface area contributed by atoms with Crippen LogP contribution in [0.2, 0.25) is 0 Å². The second kappa shape index (κ2) is 6.84. The molecule has 116 valence electrons. The second-order valence-corrected chi connectivity index (χ2v) is 6.42. The Balaban J connectivity index is 1.57. The van der Waals surface area contributed by atoms with Gasteiger partial charge >= 0.3 is 6.03 Å². The summed E-state index contributed by atoms with van der Waals surface area (Å²) >= 11 is 2.65. The number of aromatic nitrogens is 2. The average molecular weight is 337 g/mol. The Kier molecular flexibility index (Phi) is 4.64. The number of urea groups is 1. The van der Waals surface area contributed by atoms with Crippen LogP contribution in [0.3, 0.4) is 0 Å². The lowest BCUT2D eigenvalue weighted by Crippen LogP contribution is -2.39. The van der Waals surface area contributed by atoms with Crippen LogP contribution in [0.25, 0.3) is 0 Å². The van der Waals surface area contributed by atoms with Crippen molar-refractivity contribution in [2.24, 2.45) is 0 Å². The van der Waals surface area contributed by atoms with Gasteiger partial charge in [0.2, 0.25) is 0 Å². The normalized spacial score (nSPS) is 15.5. The zero-order chi connectivity index (χ0) is 15.4. The molecule has 0 aliphatic carbocycles. The number of hydrogen-bond acceptors (Lipinski definition) is 6. The van der Waals surface area contributed by atoms with E-state index in [-0.39, 0.29) is 11.9 Å². The Labute approximate surface area is 135 Å². The maximum absolute atomic E-state index is 12.3. The van der Waals surface area contributed by atoms with E-state index >= 15 is 0 Å². The summed E-state index contributed by atoms with van der Waals surface area (Å²) in [5, 5.41) is 10.8. The summed E-state index contributed by atoms with van der Waals surface area (Å²) in [5.41, 5.74) is 0.721. The lowest BCUT2D eigenvalue weighted by molar-refractivity contribution is 0.0763. The number of nitrogens with one attached hydrogen (secondary N) is 1. The van der Waals surface area contributed by atoms with E-state index in [0.717, 1.165) is 23.5 Å². The smallest absolute Gasteiger partial charge is 0.322 e. The van der Waals surface area contributed by atoms with Gasteiger partial charge in [0.1, 0.15) is 5.00 Å². The number of carbonyl (C=O) groups excluding carboxylic acids is 2. The Morgan fingerprint density at radius 3 is 2.73 bits per heavy atom. The van der Waals surface area contributed by atoms with Crippen molar-refractivity contribution < 1.29 is 9.59 Å². The third-order valence-electron chi connectivity index (χ3n) is 3.43. The summed E-state index contributed by atoms with van der Waals surface area (Å²) in [4.78, 5) is 28.1. The molecule has 0 unspecified atom stereocenters. The molecule has 0 saturated carbocycles. The number of rotatable bonds is 2. The van der Waals surface area contributed by atoms with Crippen LogP contribution in [0, 0.1) is 0 Å². The summed E-state index contributed by atoms with van der Waals surface area (Å²) in [6.07, 6.45) is 2.29. The Bertz CT molecular complexity index is 629. The number of anilines is 1. The van der Waals surface area contributed by atoms with Gasteiger partial charge in [0, 0.05) is 43.1 Å². The fourth-order valence-electron chi connectivity index (χ4n) is 2.30. The molecule has 0 spiro atoms. The highest BCUT2D eigenvalue weighted by atomic mass is 32.1. The Hall–Kier alpha value is -2.00. The van der Waals surface area contributed by atoms with Crippen LogP contribution >= 0.6 is 22.9 Å². The summed E-state index contributed by atoms with van der Waals surface area (Å²) < 4.78 is 3.71. The lowest BCUT2D eigenvalue weighted by Gasteiger charge is -2.21. The molecular formula is C13H15N5O2S2. The summed E-state index contributed by atoms with van der Waals surface area (Å²) in [5.74, 6) is 0.0372. The van der Waals surface area contributed by atoms with E-state index in [9.17, 15) is 9.59 Å². The largest absolute Gasteiger partial charge is 0.337 e. The van der Waals surface area contributed by atoms with Crippen molar-refractivity contribution in [2.75, 3.05) is 31.5 Å². The lowest BCUT2D eigenvalue weighted by atomic mass is 10.3. The molecule has 9 heteroatoms. The number of carbonyl (C=O) groups is 2. The summed E-state index contributed by atoms with van der Waals surface area (Å²) in [7, 11) is 0. The van der Waals surface area contributed by atoms with Gasteiger partial charge in [0.25, 0.3) is 5.91 Å². The van der Waals surface area contributed by atoms with Crippen LogP contribution in [-0.4, -0.2) is 57.5 Å². The molecule has 0 aromatic carbocycles. The number of amides is 3. The first-order chi connectivity index (χ1) is 10.7. The third kappa shape index (κ3) is 3.42. The molecule has 3 amide bonds.